The lowest BCUT2D eigenvalue weighted by atomic mass is 9.98. The van der Waals surface area contributed by atoms with Crippen LogP contribution in [0.2, 0.25) is 0 Å². The van der Waals surface area contributed by atoms with E-state index in [1.807, 2.05) is 0 Å². The molecular formula is C25H38N4O2. The van der Waals surface area contributed by atoms with Crippen molar-refractivity contribution in [2.24, 2.45) is 17.3 Å². The Labute approximate surface area is 187 Å². The van der Waals surface area contributed by atoms with E-state index in [1.165, 1.54) is 16.8 Å². The molecule has 2 saturated heterocycles. The van der Waals surface area contributed by atoms with Crippen LogP contribution in [0.5, 0.6) is 0 Å². The Hall–Kier alpha value is -2.08. The van der Waals surface area contributed by atoms with Gasteiger partial charge in [-0.3, -0.25) is 14.5 Å². The molecule has 1 aromatic carbocycles. The predicted octanol–water partition coefficient (Wildman–Crippen LogP) is 2.43. The summed E-state index contributed by atoms with van der Waals surface area (Å²) >= 11 is 0. The summed E-state index contributed by atoms with van der Waals surface area (Å²) in [7, 11) is 1.71. The topological polar surface area (TPSA) is 55.9 Å². The van der Waals surface area contributed by atoms with Gasteiger partial charge in [-0.05, 0) is 55.2 Å². The van der Waals surface area contributed by atoms with Crippen LogP contribution >= 0.6 is 0 Å². The molecule has 31 heavy (non-hydrogen) atoms. The molecule has 2 amide bonds. The highest BCUT2D eigenvalue weighted by Gasteiger charge is 2.64. The number of aryl methyl sites for hydroxylation is 1. The van der Waals surface area contributed by atoms with Gasteiger partial charge in [-0.15, -0.1) is 0 Å². The van der Waals surface area contributed by atoms with Gasteiger partial charge in [-0.1, -0.05) is 26.0 Å². The number of nitrogens with one attached hydrogen (secondary N) is 1. The molecule has 6 nitrogen and oxygen atoms in total. The molecule has 0 radical (unpaired) electrons. The van der Waals surface area contributed by atoms with Crippen LogP contribution in [0, 0.1) is 31.1 Å². The molecule has 3 atom stereocenters. The molecule has 3 fully saturated rings. The van der Waals surface area contributed by atoms with E-state index >= 15 is 0 Å². The van der Waals surface area contributed by atoms with Crippen molar-refractivity contribution in [1.82, 2.24) is 15.1 Å². The molecule has 0 bridgehead atoms. The molecule has 4 rings (SSSR count). The second-order valence-electron chi connectivity index (χ2n) is 10.3. The fraction of sp³-hybridized carbons (Fsp3) is 0.680. The average molecular weight is 427 g/mol. The molecule has 0 unspecified atom stereocenters. The van der Waals surface area contributed by atoms with E-state index in [2.05, 4.69) is 65.9 Å². The number of carbonyl (C=O) groups is 2. The molecule has 1 saturated carbocycles. The first-order valence-electron chi connectivity index (χ1n) is 11.8. The van der Waals surface area contributed by atoms with E-state index in [-0.39, 0.29) is 23.3 Å². The smallest absolute Gasteiger partial charge is 0.237 e. The third-order valence-corrected chi connectivity index (χ3v) is 7.70. The molecule has 1 N–H and O–H groups in total. The van der Waals surface area contributed by atoms with Crippen LogP contribution in [-0.2, 0) is 9.59 Å². The van der Waals surface area contributed by atoms with Gasteiger partial charge in [0.2, 0.25) is 11.8 Å². The Morgan fingerprint density at radius 1 is 1.13 bits per heavy atom. The van der Waals surface area contributed by atoms with Crippen LogP contribution in [0.25, 0.3) is 0 Å². The molecule has 170 valence electrons. The van der Waals surface area contributed by atoms with Crippen LogP contribution in [0.3, 0.4) is 0 Å². The van der Waals surface area contributed by atoms with E-state index in [9.17, 15) is 9.59 Å². The van der Waals surface area contributed by atoms with Gasteiger partial charge in [0, 0.05) is 57.9 Å². The van der Waals surface area contributed by atoms with Crippen molar-refractivity contribution in [2.75, 3.05) is 51.2 Å². The minimum absolute atomic E-state index is 0.00736. The number of nitrogens with zero attached hydrogens (tertiary/aromatic N) is 3. The van der Waals surface area contributed by atoms with Crippen LogP contribution < -0.4 is 10.2 Å². The van der Waals surface area contributed by atoms with E-state index in [1.54, 1.807) is 7.05 Å². The minimum Gasteiger partial charge on any atom is -0.368 e. The highest BCUT2D eigenvalue weighted by atomic mass is 16.2. The first-order chi connectivity index (χ1) is 14.8. The molecule has 1 aliphatic carbocycles. The molecular weight excluding hydrogens is 388 g/mol. The summed E-state index contributed by atoms with van der Waals surface area (Å²) in [6.07, 6.45) is 1.75. The van der Waals surface area contributed by atoms with E-state index in [0.717, 1.165) is 52.1 Å². The van der Waals surface area contributed by atoms with Gasteiger partial charge >= 0.3 is 0 Å². The number of likely N-dealkylation sites (tertiary alicyclic amines) is 1. The van der Waals surface area contributed by atoms with Crippen LogP contribution in [0.1, 0.15) is 37.8 Å². The maximum absolute atomic E-state index is 13.3. The first kappa shape index (κ1) is 22.1. The zero-order valence-electron chi connectivity index (χ0n) is 19.8. The van der Waals surface area contributed by atoms with Crippen molar-refractivity contribution < 1.29 is 9.59 Å². The summed E-state index contributed by atoms with van der Waals surface area (Å²) in [5.41, 5.74) is 3.95. The third-order valence-electron chi connectivity index (χ3n) is 7.70. The molecule has 0 aromatic heterocycles. The highest BCUT2D eigenvalue weighted by molar-refractivity contribution is 5.85. The van der Waals surface area contributed by atoms with Crippen molar-refractivity contribution in [2.45, 2.75) is 46.6 Å². The Kier molecular flexibility index (Phi) is 6.03. The van der Waals surface area contributed by atoms with Crippen LogP contribution in [0.15, 0.2) is 18.2 Å². The number of rotatable bonds is 5. The Balaban J connectivity index is 1.37. The lowest BCUT2D eigenvalue weighted by molar-refractivity contribution is -0.133. The van der Waals surface area contributed by atoms with Gasteiger partial charge in [0.05, 0.1) is 6.04 Å². The summed E-state index contributed by atoms with van der Waals surface area (Å²) in [6.45, 7) is 13.8. The number of amides is 2. The fourth-order valence-corrected chi connectivity index (χ4v) is 5.74. The maximum atomic E-state index is 13.3. The molecule has 3 aliphatic rings. The fourth-order valence-electron chi connectivity index (χ4n) is 5.74. The van der Waals surface area contributed by atoms with E-state index in [0.29, 0.717) is 11.8 Å². The van der Waals surface area contributed by atoms with Gasteiger partial charge in [0.15, 0.2) is 0 Å². The number of carbonyl (C=O) groups excluding carboxylic acids is 2. The van der Waals surface area contributed by atoms with Crippen LogP contribution in [0.4, 0.5) is 5.69 Å². The van der Waals surface area contributed by atoms with Crippen LogP contribution in [-0.4, -0.2) is 74.0 Å². The highest BCUT2D eigenvalue weighted by Crippen LogP contribution is 2.60. The predicted molar refractivity (Wildman–Crippen MR) is 124 cm³/mol. The Bertz CT molecular complexity index is 846. The first-order valence-corrected chi connectivity index (χ1v) is 11.8. The molecule has 1 spiro atoms. The number of likely N-dealkylation sites (N-methyl/N-ethyl adjacent to an activating group) is 1. The van der Waals surface area contributed by atoms with Crippen molar-refractivity contribution in [3.05, 3.63) is 29.3 Å². The standard InChI is InChI=1S/C25H38N4O2/c1-17(2)15-29-16-25(14-22(29)23(30)26-5)13-20(25)24(31)28-11-9-27(10-12-28)21-8-6-7-18(3)19(21)4/h6-8,17,20,22H,9-16H2,1-5H3,(H,26,30)/t20-,22+,25+/m1/s1. The summed E-state index contributed by atoms with van der Waals surface area (Å²) < 4.78 is 0. The maximum Gasteiger partial charge on any atom is 0.237 e. The average Bonchev–Trinajstić information content (AvgIpc) is 3.33. The van der Waals surface area contributed by atoms with Crippen molar-refractivity contribution in [1.29, 1.82) is 0 Å². The number of benzene rings is 1. The number of hydrogen-bond donors (Lipinski definition) is 1. The summed E-state index contributed by atoms with van der Waals surface area (Å²) in [6, 6.07) is 6.37. The van der Waals surface area contributed by atoms with Crippen molar-refractivity contribution >= 4 is 17.5 Å². The van der Waals surface area contributed by atoms with Crippen molar-refractivity contribution in [3.63, 3.8) is 0 Å². The second kappa shape index (κ2) is 8.45. The lowest BCUT2D eigenvalue weighted by Gasteiger charge is -2.37. The summed E-state index contributed by atoms with van der Waals surface area (Å²) in [5, 5.41) is 2.83. The Morgan fingerprint density at radius 3 is 2.48 bits per heavy atom. The SMILES string of the molecule is CNC(=O)[C@@H]1C[C@@]2(C[C@@H]2C(=O)N2CCN(c3cccc(C)c3C)CC2)CN1CC(C)C. The van der Waals surface area contributed by atoms with Gasteiger partial charge in [-0.2, -0.15) is 0 Å². The van der Waals surface area contributed by atoms with Gasteiger partial charge in [-0.25, -0.2) is 0 Å². The van der Waals surface area contributed by atoms with Gasteiger partial charge in [0.25, 0.3) is 0 Å². The minimum atomic E-state index is -0.0913. The third kappa shape index (κ3) is 4.19. The molecule has 1 aromatic rings. The lowest BCUT2D eigenvalue weighted by Crippen LogP contribution is -2.50. The van der Waals surface area contributed by atoms with Gasteiger partial charge in [0.1, 0.15) is 0 Å². The van der Waals surface area contributed by atoms with E-state index in [4.69, 9.17) is 0 Å². The quantitative estimate of drug-likeness (QED) is 0.786. The number of hydrogen-bond acceptors (Lipinski definition) is 4. The zero-order chi connectivity index (χ0) is 22.3. The Morgan fingerprint density at radius 2 is 1.84 bits per heavy atom. The molecule has 2 aliphatic heterocycles. The second-order valence-corrected chi connectivity index (χ2v) is 10.3. The monoisotopic (exact) mass is 426 g/mol. The van der Waals surface area contributed by atoms with Crippen molar-refractivity contribution in [3.8, 4) is 0 Å². The van der Waals surface area contributed by atoms with E-state index < -0.39 is 0 Å². The normalized spacial score (nSPS) is 28.5. The summed E-state index contributed by atoms with van der Waals surface area (Å²) in [4.78, 5) is 32.6. The number of piperazine rings is 1. The zero-order valence-corrected chi connectivity index (χ0v) is 19.8. The largest absolute Gasteiger partial charge is 0.368 e. The van der Waals surface area contributed by atoms with Gasteiger partial charge < -0.3 is 15.1 Å². The molecule has 2 heterocycles. The summed E-state index contributed by atoms with van der Waals surface area (Å²) in [5.74, 6) is 0.998. The molecule has 6 heteroatoms. The number of anilines is 1.